The van der Waals surface area contributed by atoms with E-state index in [-0.39, 0.29) is 0 Å². The third-order valence-electron chi connectivity index (χ3n) is 3.41. The lowest BCUT2D eigenvalue weighted by Gasteiger charge is -2.38. The highest BCUT2D eigenvalue weighted by Gasteiger charge is 2.27. The average Bonchev–Trinajstić information content (AvgIpc) is 2.40. The third-order valence-corrected chi connectivity index (χ3v) is 5.05. The van der Waals surface area contributed by atoms with Crippen LogP contribution in [0.5, 0.6) is 0 Å². The molecule has 0 atom stereocenters. The van der Waals surface area contributed by atoms with Crippen LogP contribution in [0.25, 0.3) is 0 Å². The molecule has 1 aliphatic heterocycles. The van der Waals surface area contributed by atoms with E-state index >= 15 is 0 Å². The van der Waals surface area contributed by atoms with E-state index in [1.165, 1.54) is 0 Å². The molecule has 3 nitrogen and oxygen atoms in total. The van der Waals surface area contributed by atoms with Crippen LogP contribution in [0.1, 0.15) is 32.8 Å². The van der Waals surface area contributed by atoms with Crippen LogP contribution in [0.2, 0.25) is 5.02 Å². The smallest absolute Gasteiger partial charge is 0.128 e. The van der Waals surface area contributed by atoms with Crippen molar-refractivity contribution >= 4 is 29.2 Å². The van der Waals surface area contributed by atoms with Gasteiger partial charge < -0.3 is 10.2 Å². The van der Waals surface area contributed by atoms with Gasteiger partial charge in [-0.15, -0.1) is 0 Å². The predicted molar refractivity (Wildman–Crippen MR) is 90.0 cm³/mol. The van der Waals surface area contributed by atoms with Gasteiger partial charge in [-0.25, -0.2) is 4.98 Å². The lowest BCUT2D eigenvalue weighted by molar-refractivity contribution is 0.640. The van der Waals surface area contributed by atoms with Crippen LogP contribution in [0, 0.1) is 0 Å². The molecule has 112 valence electrons. The van der Waals surface area contributed by atoms with Gasteiger partial charge in [0.15, 0.2) is 0 Å². The number of thioether (sulfide) groups is 1. The summed E-state index contributed by atoms with van der Waals surface area (Å²) in [6.07, 6.45) is 2.92. The molecule has 2 heterocycles. The molecule has 0 spiro atoms. The second kappa shape index (κ2) is 7.01. The zero-order valence-electron chi connectivity index (χ0n) is 12.6. The molecule has 0 amide bonds. The number of nitrogens with one attached hydrogen (secondary N) is 1. The topological polar surface area (TPSA) is 28.2 Å². The van der Waals surface area contributed by atoms with Gasteiger partial charge in [0.1, 0.15) is 5.82 Å². The second-order valence-corrected chi connectivity index (χ2v) is 8.05. The molecule has 0 aromatic carbocycles. The van der Waals surface area contributed by atoms with E-state index in [0.717, 1.165) is 54.8 Å². The molecule has 20 heavy (non-hydrogen) atoms. The Morgan fingerprint density at radius 2 is 2.30 bits per heavy atom. The number of hydrogen-bond acceptors (Lipinski definition) is 4. The summed E-state index contributed by atoms with van der Waals surface area (Å²) in [4.78, 5) is 6.88. The van der Waals surface area contributed by atoms with Crippen molar-refractivity contribution in [3.05, 3.63) is 22.8 Å². The SMILES string of the molecule is CCCNCc1cc(N2CCSC(C)(C)C2)ncc1Cl. The van der Waals surface area contributed by atoms with E-state index in [4.69, 9.17) is 11.6 Å². The zero-order chi connectivity index (χ0) is 14.6. The Kier molecular flexibility index (Phi) is 5.58. The van der Waals surface area contributed by atoms with E-state index in [1.54, 1.807) is 6.20 Å². The fraction of sp³-hybridized carbons (Fsp3) is 0.667. The monoisotopic (exact) mass is 313 g/mol. The van der Waals surface area contributed by atoms with Crippen molar-refractivity contribution < 1.29 is 0 Å². The first-order valence-electron chi connectivity index (χ1n) is 7.26. The lowest BCUT2D eigenvalue weighted by atomic mass is 10.1. The number of pyridine rings is 1. The summed E-state index contributed by atoms with van der Waals surface area (Å²) < 4.78 is 0.292. The van der Waals surface area contributed by atoms with Crippen LogP contribution in [-0.2, 0) is 6.54 Å². The predicted octanol–water partition coefficient (Wildman–Crippen LogP) is 3.57. The molecular weight excluding hydrogens is 290 g/mol. The summed E-state index contributed by atoms with van der Waals surface area (Å²) in [6.45, 7) is 10.7. The van der Waals surface area contributed by atoms with Gasteiger partial charge in [-0.1, -0.05) is 18.5 Å². The summed E-state index contributed by atoms with van der Waals surface area (Å²) in [5, 5.41) is 4.16. The van der Waals surface area contributed by atoms with Crippen LogP contribution in [0.4, 0.5) is 5.82 Å². The van der Waals surface area contributed by atoms with Crippen molar-refractivity contribution in [2.75, 3.05) is 30.3 Å². The molecule has 2 rings (SSSR count). The molecule has 1 fully saturated rings. The number of nitrogens with zero attached hydrogens (tertiary/aromatic N) is 2. The Bertz CT molecular complexity index is 451. The summed E-state index contributed by atoms with van der Waals surface area (Å²) in [5.74, 6) is 2.21. The van der Waals surface area contributed by atoms with Crippen molar-refractivity contribution in [1.82, 2.24) is 10.3 Å². The molecule has 0 bridgehead atoms. The number of anilines is 1. The maximum atomic E-state index is 6.24. The zero-order valence-corrected chi connectivity index (χ0v) is 14.2. The molecule has 0 radical (unpaired) electrons. The van der Waals surface area contributed by atoms with E-state index < -0.39 is 0 Å². The minimum atomic E-state index is 0.292. The van der Waals surface area contributed by atoms with Gasteiger partial charge in [0.2, 0.25) is 0 Å². The Morgan fingerprint density at radius 1 is 1.50 bits per heavy atom. The quantitative estimate of drug-likeness (QED) is 0.841. The number of hydrogen-bond donors (Lipinski definition) is 1. The van der Waals surface area contributed by atoms with Crippen LogP contribution in [0.3, 0.4) is 0 Å². The molecule has 1 N–H and O–H groups in total. The Balaban J connectivity index is 2.10. The van der Waals surface area contributed by atoms with Crippen LogP contribution in [0.15, 0.2) is 12.3 Å². The maximum absolute atomic E-state index is 6.24. The maximum Gasteiger partial charge on any atom is 0.128 e. The first kappa shape index (κ1) is 15.9. The van der Waals surface area contributed by atoms with Crippen LogP contribution >= 0.6 is 23.4 Å². The standard InChI is InChI=1S/C15H24ClN3S/c1-4-5-17-9-12-8-14(18-10-13(12)16)19-6-7-20-15(2,3)11-19/h8,10,17H,4-7,9,11H2,1-3H3. The summed E-state index contributed by atoms with van der Waals surface area (Å²) in [6, 6.07) is 2.14. The van der Waals surface area contributed by atoms with Crippen LogP contribution in [-0.4, -0.2) is 35.1 Å². The Labute approximate surface area is 131 Å². The number of rotatable bonds is 5. The fourth-order valence-electron chi connectivity index (χ4n) is 2.39. The molecule has 0 aliphatic carbocycles. The van der Waals surface area contributed by atoms with Crippen molar-refractivity contribution in [1.29, 1.82) is 0 Å². The number of halogens is 1. The highest BCUT2D eigenvalue weighted by atomic mass is 35.5. The van der Waals surface area contributed by atoms with Gasteiger partial charge in [-0.05, 0) is 38.4 Å². The van der Waals surface area contributed by atoms with Gasteiger partial charge in [-0.2, -0.15) is 11.8 Å². The van der Waals surface area contributed by atoms with Crippen molar-refractivity contribution in [3.63, 3.8) is 0 Å². The first-order valence-corrected chi connectivity index (χ1v) is 8.62. The van der Waals surface area contributed by atoms with E-state index in [2.05, 4.69) is 42.0 Å². The Morgan fingerprint density at radius 3 is 3.00 bits per heavy atom. The molecular formula is C15H24ClN3S. The molecule has 1 aromatic heterocycles. The summed E-state index contributed by atoms with van der Waals surface area (Å²) >= 11 is 8.28. The van der Waals surface area contributed by atoms with Crippen molar-refractivity contribution in [2.24, 2.45) is 0 Å². The highest BCUT2D eigenvalue weighted by Crippen LogP contribution is 2.32. The van der Waals surface area contributed by atoms with Gasteiger partial charge >= 0.3 is 0 Å². The molecule has 0 unspecified atom stereocenters. The minimum Gasteiger partial charge on any atom is -0.354 e. The third kappa shape index (κ3) is 4.27. The summed E-state index contributed by atoms with van der Waals surface area (Å²) in [7, 11) is 0. The normalized spacial score (nSPS) is 18.3. The number of aromatic nitrogens is 1. The Hall–Kier alpha value is -0.450. The average molecular weight is 314 g/mol. The van der Waals surface area contributed by atoms with Gasteiger partial charge in [-0.3, -0.25) is 0 Å². The van der Waals surface area contributed by atoms with Gasteiger partial charge in [0.05, 0.1) is 5.02 Å². The molecule has 1 aromatic rings. The van der Waals surface area contributed by atoms with Crippen molar-refractivity contribution in [2.45, 2.75) is 38.5 Å². The second-order valence-electron chi connectivity index (χ2n) is 5.84. The lowest BCUT2D eigenvalue weighted by Crippen LogP contribution is -2.43. The summed E-state index contributed by atoms with van der Waals surface area (Å²) in [5.41, 5.74) is 1.14. The molecule has 1 aliphatic rings. The van der Waals surface area contributed by atoms with Gasteiger partial charge in [0.25, 0.3) is 0 Å². The first-order chi connectivity index (χ1) is 9.52. The van der Waals surface area contributed by atoms with E-state index in [0.29, 0.717) is 4.75 Å². The molecule has 1 saturated heterocycles. The fourth-order valence-corrected chi connectivity index (χ4v) is 3.67. The largest absolute Gasteiger partial charge is 0.354 e. The van der Waals surface area contributed by atoms with Crippen molar-refractivity contribution in [3.8, 4) is 0 Å². The van der Waals surface area contributed by atoms with E-state index in [1.807, 2.05) is 11.8 Å². The van der Waals surface area contributed by atoms with Gasteiger partial charge in [0, 0.05) is 36.3 Å². The molecule has 0 saturated carbocycles. The highest BCUT2D eigenvalue weighted by molar-refractivity contribution is 8.00. The minimum absolute atomic E-state index is 0.292. The molecule has 5 heteroatoms. The van der Waals surface area contributed by atoms with E-state index in [9.17, 15) is 0 Å². The van der Waals surface area contributed by atoms with Crippen LogP contribution < -0.4 is 10.2 Å².